The van der Waals surface area contributed by atoms with Crippen molar-refractivity contribution in [1.82, 2.24) is 19.9 Å². The molecule has 2 N–H and O–H groups in total. The zero-order valence-corrected chi connectivity index (χ0v) is 23.9. The smallest absolute Gasteiger partial charge is 0.318 e. The zero-order chi connectivity index (χ0) is 29.2. The number of hydrogen-bond donors (Lipinski definition) is 1. The molecule has 7 rings (SSSR count). The maximum absolute atomic E-state index is 16.0. The molecule has 0 spiro atoms. The van der Waals surface area contributed by atoms with Gasteiger partial charge in [-0.05, 0) is 50.1 Å². The van der Waals surface area contributed by atoms with Crippen LogP contribution < -0.4 is 15.4 Å². The lowest BCUT2D eigenvalue weighted by Gasteiger charge is -2.25. The van der Waals surface area contributed by atoms with Gasteiger partial charge in [-0.1, -0.05) is 42.7 Å². The SMILES string of the molecule is C#Cc1cccc2cccc(-c3ncc4c(N5CCCCC(N)C5)nc(OC)nc4c3F)c12.FC1CC2CCCN2C1. The molecule has 0 amide bonds. The summed E-state index contributed by atoms with van der Waals surface area (Å²) in [5, 5.41) is 2.24. The molecule has 4 aromatic rings. The summed E-state index contributed by atoms with van der Waals surface area (Å²) >= 11 is 0. The first-order chi connectivity index (χ1) is 20.5. The quantitative estimate of drug-likeness (QED) is 0.327. The third kappa shape index (κ3) is 5.49. The molecule has 5 heterocycles. The Labute approximate surface area is 245 Å². The lowest BCUT2D eigenvalue weighted by molar-refractivity contribution is 0.292. The largest absolute Gasteiger partial charge is 0.467 e. The third-order valence-corrected chi connectivity index (χ3v) is 8.61. The fourth-order valence-electron chi connectivity index (χ4n) is 6.59. The normalized spacial score (nSPS) is 22.4. The van der Waals surface area contributed by atoms with Gasteiger partial charge in [-0.3, -0.25) is 9.88 Å². The van der Waals surface area contributed by atoms with E-state index in [9.17, 15) is 4.39 Å². The third-order valence-electron chi connectivity index (χ3n) is 8.61. The first kappa shape index (κ1) is 28.3. The number of aromatic nitrogens is 3. The Kier molecular flexibility index (Phi) is 8.18. The number of nitrogens with zero attached hydrogens (tertiary/aromatic N) is 5. The van der Waals surface area contributed by atoms with Crippen molar-refractivity contribution in [3.63, 3.8) is 0 Å². The van der Waals surface area contributed by atoms with Crippen molar-refractivity contribution in [3.8, 4) is 29.6 Å². The van der Waals surface area contributed by atoms with Gasteiger partial charge in [-0.15, -0.1) is 6.42 Å². The van der Waals surface area contributed by atoms with Gasteiger partial charge in [0.05, 0.1) is 12.5 Å². The number of nitrogens with two attached hydrogens (primary N) is 1. The van der Waals surface area contributed by atoms with Crippen LogP contribution in [0.4, 0.5) is 14.6 Å². The van der Waals surface area contributed by atoms with E-state index in [1.807, 2.05) is 36.4 Å². The van der Waals surface area contributed by atoms with Crippen molar-refractivity contribution in [2.75, 3.05) is 38.2 Å². The van der Waals surface area contributed by atoms with Crippen molar-refractivity contribution in [2.45, 2.75) is 56.8 Å². The van der Waals surface area contributed by atoms with Gasteiger partial charge in [0.2, 0.25) is 0 Å². The van der Waals surface area contributed by atoms with Crippen LogP contribution in [-0.2, 0) is 0 Å². The Balaban J connectivity index is 0.000000296. The Hall–Kier alpha value is -3.87. The van der Waals surface area contributed by atoms with Crippen molar-refractivity contribution in [2.24, 2.45) is 5.73 Å². The average Bonchev–Trinajstić information content (AvgIpc) is 3.51. The Morgan fingerprint density at radius 2 is 1.88 bits per heavy atom. The summed E-state index contributed by atoms with van der Waals surface area (Å²) in [6.07, 6.45) is 13.2. The van der Waals surface area contributed by atoms with E-state index >= 15 is 4.39 Å². The number of alkyl halides is 1. The van der Waals surface area contributed by atoms with E-state index in [2.05, 4.69) is 30.7 Å². The summed E-state index contributed by atoms with van der Waals surface area (Å²) in [5.74, 6) is 2.76. The van der Waals surface area contributed by atoms with Gasteiger partial charge in [0.1, 0.15) is 23.2 Å². The second-order valence-corrected chi connectivity index (χ2v) is 11.4. The van der Waals surface area contributed by atoms with E-state index in [1.165, 1.54) is 20.0 Å². The number of ether oxygens (including phenoxy) is 1. The number of pyridine rings is 1. The minimum Gasteiger partial charge on any atom is -0.467 e. The molecule has 2 aromatic heterocycles. The van der Waals surface area contributed by atoms with Crippen LogP contribution >= 0.6 is 0 Å². The van der Waals surface area contributed by atoms with E-state index in [1.54, 1.807) is 6.20 Å². The zero-order valence-electron chi connectivity index (χ0n) is 23.9. The summed E-state index contributed by atoms with van der Waals surface area (Å²) in [4.78, 5) is 17.8. The predicted octanol–water partition coefficient (Wildman–Crippen LogP) is 5.48. The topological polar surface area (TPSA) is 80.4 Å². The van der Waals surface area contributed by atoms with Gasteiger partial charge in [0.15, 0.2) is 5.82 Å². The van der Waals surface area contributed by atoms with Crippen LogP contribution in [0, 0.1) is 18.2 Å². The molecule has 2 aromatic carbocycles. The molecule has 0 bridgehead atoms. The standard InChI is InChI=1S/C26H24FN5O.C7H12FN/c1-3-16-8-6-9-17-10-7-12-19(21(16)17)23-22(27)24-20(14-29-23)25(31-26(30-24)33-2)32-13-5-4-11-18(28)15-32;8-6-4-7-2-1-3-9(7)5-6/h1,6-10,12,14,18H,4-5,11,13,15,28H2,2H3;6-7H,1-5H2. The molecule has 9 heteroatoms. The van der Waals surface area contributed by atoms with Crippen molar-refractivity contribution < 1.29 is 13.5 Å². The molecule has 218 valence electrons. The highest BCUT2D eigenvalue weighted by atomic mass is 19.1. The predicted molar refractivity (Wildman–Crippen MR) is 163 cm³/mol. The monoisotopic (exact) mass is 570 g/mol. The number of benzene rings is 2. The molecule has 3 aliphatic rings. The Bertz CT molecular complexity index is 1620. The molecule has 0 aliphatic carbocycles. The minimum atomic E-state index is -0.534. The minimum absolute atomic E-state index is 0.0263. The Morgan fingerprint density at radius 3 is 2.67 bits per heavy atom. The molecule has 42 heavy (non-hydrogen) atoms. The van der Waals surface area contributed by atoms with Crippen molar-refractivity contribution in [3.05, 3.63) is 54.0 Å². The fraction of sp³-hybridized carbons (Fsp3) is 0.424. The van der Waals surface area contributed by atoms with Gasteiger partial charge in [0.25, 0.3) is 0 Å². The highest BCUT2D eigenvalue weighted by molar-refractivity contribution is 6.01. The van der Waals surface area contributed by atoms with E-state index < -0.39 is 12.0 Å². The first-order valence-corrected chi connectivity index (χ1v) is 14.7. The van der Waals surface area contributed by atoms with E-state index in [0.717, 1.165) is 49.5 Å². The summed E-state index contributed by atoms with van der Waals surface area (Å²) in [6, 6.07) is 12.1. The molecule has 0 radical (unpaired) electrons. The number of fused-ring (bicyclic) bond motifs is 3. The van der Waals surface area contributed by atoms with Crippen molar-refractivity contribution >= 4 is 27.5 Å². The highest BCUT2D eigenvalue weighted by Crippen LogP contribution is 2.36. The summed E-state index contributed by atoms with van der Waals surface area (Å²) in [5.41, 5.74) is 7.92. The van der Waals surface area contributed by atoms with Crippen LogP contribution in [0.2, 0.25) is 0 Å². The number of methoxy groups -OCH3 is 1. The summed E-state index contributed by atoms with van der Waals surface area (Å²) < 4.78 is 34.0. The average molecular weight is 571 g/mol. The van der Waals surface area contributed by atoms with E-state index in [-0.39, 0.29) is 23.3 Å². The van der Waals surface area contributed by atoms with Crippen LogP contribution in [0.1, 0.15) is 44.1 Å². The van der Waals surface area contributed by atoms with Crippen LogP contribution in [0.5, 0.6) is 6.01 Å². The van der Waals surface area contributed by atoms with Gasteiger partial charge < -0.3 is 15.4 Å². The molecule has 3 unspecified atom stereocenters. The molecule has 7 nitrogen and oxygen atoms in total. The number of rotatable bonds is 3. The number of anilines is 1. The first-order valence-electron chi connectivity index (χ1n) is 14.7. The number of terminal acetylenes is 1. The molecule has 3 saturated heterocycles. The number of halogens is 2. The lowest BCUT2D eigenvalue weighted by Crippen LogP contribution is -2.36. The summed E-state index contributed by atoms with van der Waals surface area (Å²) in [7, 11) is 1.48. The van der Waals surface area contributed by atoms with E-state index in [0.29, 0.717) is 41.5 Å². The molecular formula is C33H36F2N6O. The Morgan fingerprint density at radius 1 is 1.05 bits per heavy atom. The molecule has 3 aliphatic heterocycles. The van der Waals surface area contributed by atoms with Crippen LogP contribution in [0.15, 0.2) is 42.6 Å². The molecule has 0 saturated carbocycles. The van der Waals surface area contributed by atoms with E-state index in [4.69, 9.17) is 16.9 Å². The highest BCUT2D eigenvalue weighted by Gasteiger charge is 2.34. The molecule has 3 atom stereocenters. The van der Waals surface area contributed by atoms with Gasteiger partial charge in [0, 0.05) is 54.4 Å². The van der Waals surface area contributed by atoms with Gasteiger partial charge in [-0.2, -0.15) is 9.97 Å². The van der Waals surface area contributed by atoms with Crippen LogP contribution in [-0.4, -0.2) is 71.4 Å². The van der Waals surface area contributed by atoms with Crippen LogP contribution in [0.25, 0.3) is 32.9 Å². The lowest BCUT2D eigenvalue weighted by atomic mass is 9.97. The second kappa shape index (κ2) is 12.2. The molecule has 3 fully saturated rings. The summed E-state index contributed by atoms with van der Waals surface area (Å²) in [6.45, 7) is 3.27. The fourth-order valence-corrected chi connectivity index (χ4v) is 6.59. The molecular weight excluding hydrogens is 534 g/mol. The number of hydrogen-bond acceptors (Lipinski definition) is 7. The van der Waals surface area contributed by atoms with Gasteiger partial charge >= 0.3 is 6.01 Å². The maximum atomic E-state index is 16.0. The maximum Gasteiger partial charge on any atom is 0.318 e. The van der Waals surface area contributed by atoms with Crippen molar-refractivity contribution in [1.29, 1.82) is 0 Å². The van der Waals surface area contributed by atoms with Gasteiger partial charge in [-0.25, -0.2) is 8.78 Å². The second-order valence-electron chi connectivity index (χ2n) is 11.4. The van der Waals surface area contributed by atoms with Crippen LogP contribution in [0.3, 0.4) is 0 Å².